The Kier molecular flexibility index (Phi) is 4.50. The minimum absolute atomic E-state index is 0.00489. The second-order valence-corrected chi connectivity index (χ2v) is 8.83. The third kappa shape index (κ3) is 3.23. The van der Waals surface area contributed by atoms with E-state index in [0.717, 1.165) is 11.8 Å². The number of hydrogen-bond donors (Lipinski definition) is 1. The Morgan fingerprint density at radius 1 is 1.40 bits per heavy atom. The van der Waals surface area contributed by atoms with Gasteiger partial charge in [0.25, 0.3) is 0 Å². The van der Waals surface area contributed by atoms with Gasteiger partial charge in [-0.05, 0) is 17.7 Å². The van der Waals surface area contributed by atoms with E-state index in [-0.39, 0.29) is 31.3 Å². The molecule has 3 rings (SSSR count). The van der Waals surface area contributed by atoms with E-state index in [1.54, 1.807) is 12.1 Å². The number of aliphatic carboxylic acids is 1. The standard InChI is InChI=1S/C16H21FN2O5S/c1-24-14-5-11(3-4-13(14)17)6-18-7-12-8-19(25(2,22)23)10-16(12,9-18)15(20)21/h3-5,12H,6-10H2,1-2H3,(H,20,21)/t12-,16-/m0/s1. The number of halogens is 1. The van der Waals surface area contributed by atoms with Crippen molar-refractivity contribution in [3.63, 3.8) is 0 Å². The fraction of sp³-hybridized carbons (Fsp3) is 0.562. The zero-order valence-electron chi connectivity index (χ0n) is 14.1. The largest absolute Gasteiger partial charge is 0.494 e. The van der Waals surface area contributed by atoms with Gasteiger partial charge in [-0.2, -0.15) is 0 Å². The lowest BCUT2D eigenvalue weighted by molar-refractivity contribution is -0.148. The van der Waals surface area contributed by atoms with Crippen molar-refractivity contribution in [3.05, 3.63) is 29.6 Å². The number of ether oxygens (including phenoxy) is 1. The Hall–Kier alpha value is -1.71. The van der Waals surface area contributed by atoms with E-state index in [1.165, 1.54) is 17.5 Å². The fourth-order valence-corrected chi connectivity index (χ4v) is 4.78. The normalized spacial score (nSPS) is 27.4. The molecule has 25 heavy (non-hydrogen) atoms. The van der Waals surface area contributed by atoms with Crippen LogP contribution in [0.2, 0.25) is 0 Å². The van der Waals surface area contributed by atoms with Crippen LogP contribution in [0, 0.1) is 17.2 Å². The van der Waals surface area contributed by atoms with Gasteiger partial charge >= 0.3 is 5.97 Å². The highest BCUT2D eigenvalue weighted by molar-refractivity contribution is 7.88. The molecule has 0 saturated carbocycles. The lowest BCUT2D eigenvalue weighted by Crippen LogP contribution is -2.41. The van der Waals surface area contributed by atoms with Crippen LogP contribution >= 0.6 is 0 Å². The number of carboxylic acids is 1. The predicted octanol–water partition coefficient (Wildman–Crippen LogP) is 0.612. The Balaban J connectivity index is 1.78. The number of carboxylic acid groups (broad SMARTS) is 1. The van der Waals surface area contributed by atoms with E-state index in [4.69, 9.17) is 4.74 Å². The van der Waals surface area contributed by atoms with Crippen molar-refractivity contribution in [1.82, 2.24) is 9.21 Å². The lowest BCUT2D eigenvalue weighted by Gasteiger charge is -2.24. The van der Waals surface area contributed by atoms with Crippen LogP contribution in [0.5, 0.6) is 5.75 Å². The predicted molar refractivity (Wildman–Crippen MR) is 88.2 cm³/mol. The van der Waals surface area contributed by atoms with Crippen molar-refractivity contribution in [1.29, 1.82) is 0 Å². The summed E-state index contributed by atoms with van der Waals surface area (Å²) >= 11 is 0. The molecule has 2 fully saturated rings. The van der Waals surface area contributed by atoms with Crippen LogP contribution < -0.4 is 4.74 Å². The smallest absolute Gasteiger partial charge is 0.312 e. The quantitative estimate of drug-likeness (QED) is 0.815. The van der Waals surface area contributed by atoms with Gasteiger partial charge < -0.3 is 9.84 Å². The maximum Gasteiger partial charge on any atom is 0.312 e. The first-order valence-corrected chi connectivity index (χ1v) is 9.74. The number of nitrogens with zero attached hydrogens (tertiary/aromatic N) is 2. The van der Waals surface area contributed by atoms with Crippen molar-refractivity contribution in [2.75, 3.05) is 39.5 Å². The number of fused-ring (bicyclic) bond motifs is 1. The second kappa shape index (κ2) is 6.22. The second-order valence-electron chi connectivity index (χ2n) is 6.85. The number of sulfonamides is 1. The molecule has 1 N–H and O–H groups in total. The fourth-order valence-electron chi connectivity index (χ4n) is 3.86. The Bertz CT molecular complexity index is 800. The summed E-state index contributed by atoms with van der Waals surface area (Å²) in [6.07, 6.45) is 1.10. The number of carbonyl (C=O) groups is 1. The minimum atomic E-state index is -3.41. The average molecular weight is 372 g/mol. The van der Waals surface area contributed by atoms with E-state index >= 15 is 0 Å². The molecule has 1 aromatic carbocycles. The zero-order chi connectivity index (χ0) is 18.4. The van der Waals surface area contributed by atoms with Crippen molar-refractivity contribution < 1.29 is 27.4 Å². The summed E-state index contributed by atoms with van der Waals surface area (Å²) in [5.41, 5.74) is -0.272. The maximum absolute atomic E-state index is 13.5. The molecule has 2 aliphatic heterocycles. The van der Waals surface area contributed by atoms with E-state index in [2.05, 4.69) is 0 Å². The molecule has 1 aromatic rings. The molecule has 2 aliphatic rings. The van der Waals surface area contributed by atoms with E-state index < -0.39 is 27.2 Å². The first kappa shape index (κ1) is 18.1. The van der Waals surface area contributed by atoms with Crippen LogP contribution in [0.15, 0.2) is 18.2 Å². The van der Waals surface area contributed by atoms with Crippen molar-refractivity contribution in [3.8, 4) is 5.75 Å². The Labute approximate surface area is 146 Å². The Morgan fingerprint density at radius 2 is 2.12 bits per heavy atom. The van der Waals surface area contributed by atoms with Crippen LogP contribution in [0.25, 0.3) is 0 Å². The molecule has 2 atom stereocenters. The van der Waals surface area contributed by atoms with Gasteiger partial charge in [0.15, 0.2) is 11.6 Å². The molecule has 138 valence electrons. The van der Waals surface area contributed by atoms with Gasteiger partial charge in [-0.3, -0.25) is 9.69 Å². The Morgan fingerprint density at radius 3 is 2.68 bits per heavy atom. The molecule has 2 heterocycles. The summed E-state index contributed by atoms with van der Waals surface area (Å²) in [5, 5.41) is 9.74. The van der Waals surface area contributed by atoms with Gasteiger partial charge in [-0.1, -0.05) is 6.07 Å². The molecule has 9 heteroatoms. The molecule has 0 aromatic heterocycles. The number of hydrogen-bond acceptors (Lipinski definition) is 5. The molecular weight excluding hydrogens is 351 g/mol. The summed E-state index contributed by atoms with van der Waals surface area (Å²) < 4.78 is 43.3. The topological polar surface area (TPSA) is 87.2 Å². The first-order valence-electron chi connectivity index (χ1n) is 7.89. The maximum atomic E-state index is 13.5. The molecular formula is C16H21FN2O5S. The highest BCUT2D eigenvalue weighted by Crippen LogP contribution is 2.44. The molecule has 0 bridgehead atoms. The van der Waals surface area contributed by atoms with Gasteiger partial charge in [0.05, 0.1) is 18.8 Å². The number of likely N-dealkylation sites (tertiary alicyclic amines) is 1. The third-order valence-corrected chi connectivity index (χ3v) is 6.38. The summed E-state index contributed by atoms with van der Waals surface area (Å²) in [6.45, 7) is 1.42. The van der Waals surface area contributed by atoms with Gasteiger partial charge in [-0.15, -0.1) is 0 Å². The van der Waals surface area contributed by atoms with Crippen LogP contribution in [-0.4, -0.2) is 68.2 Å². The molecule has 0 unspecified atom stereocenters. The van der Waals surface area contributed by atoms with Crippen LogP contribution in [-0.2, 0) is 21.4 Å². The van der Waals surface area contributed by atoms with Crippen molar-refractivity contribution in [2.45, 2.75) is 6.54 Å². The molecule has 0 amide bonds. The molecule has 0 spiro atoms. The van der Waals surface area contributed by atoms with E-state index in [0.29, 0.717) is 13.1 Å². The van der Waals surface area contributed by atoms with Crippen LogP contribution in [0.4, 0.5) is 4.39 Å². The van der Waals surface area contributed by atoms with Crippen LogP contribution in [0.3, 0.4) is 0 Å². The molecule has 0 radical (unpaired) electrons. The molecule has 7 nitrogen and oxygen atoms in total. The van der Waals surface area contributed by atoms with Crippen molar-refractivity contribution in [2.24, 2.45) is 11.3 Å². The molecule has 0 aliphatic carbocycles. The monoisotopic (exact) mass is 372 g/mol. The summed E-state index contributed by atoms with van der Waals surface area (Å²) in [4.78, 5) is 13.9. The SMILES string of the molecule is COc1cc(CN2C[C@H]3CN(S(C)(=O)=O)C[C@@]3(C(=O)O)C2)ccc1F. The minimum Gasteiger partial charge on any atom is -0.494 e. The number of benzene rings is 1. The average Bonchev–Trinajstić information content (AvgIpc) is 3.03. The first-order chi connectivity index (χ1) is 11.7. The summed E-state index contributed by atoms with van der Waals surface area (Å²) in [5.74, 6) is -1.53. The summed E-state index contributed by atoms with van der Waals surface area (Å²) in [6, 6.07) is 4.56. The van der Waals surface area contributed by atoms with Crippen LogP contribution in [0.1, 0.15) is 5.56 Å². The number of methoxy groups -OCH3 is 1. The van der Waals surface area contributed by atoms with E-state index in [9.17, 15) is 22.7 Å². The van der Waals surface area contributed by atoms with Gasteiger partial charge in [0.1, 0.15) is 0 Å². The van der Waals surface area contributed by atoms with E-state index in [1.807, 2.05) is 4.90 Å². The lowest BCUT2D eigenvalue weighted by atomic mass is 9.81. The van der Waals surface area contributed by atoms with Crippen molar-refractivity contribution >= 4 is 16.0 Å². The number of rotatable bonds is 5. The highest BCUT2D eigenvalue weighted by atomic mass is 32.2. The molecule has 2 saturated heterocycles. The highest BCUT2D eigenvalue weighted by Gasteiger charge is 2.59. The summed E-state index contributed by atoms with van der Waals surface area (Å²) in [7, 11) is -2.02. The van der Waals surface area contributed by atoms with Gasteiger partial charge in [-0.25, -0.2) is 17.1 Å². The zero-order valence-corrected chi connectivity index (χ0v) is 14.9. The third-order valence-electron chi connectivity index (χ3n) is 5.16. The van der Waals surface area contributed by atoms with Gasteiger partial charge in [0, 0.05) is 38.6 Å². The van der Waals surface area contributed by atoms with Gasteiger partial charge in [0.2, 0.25) is 10.0 Å².